The Morgan fingerprint density at radius 1 is 1.05 bits per heavy atom. The van der Waals surface area contributed by atoms with Crippen LogP contribution in [-0.2, 0) is 14.3 Å². The molecule has 4 saturated carbocycles. The smallest absolute Gasteiger partial charge is 0.309 e. The fraction of sp³-hybridized carbons (Fsp3) is 0.889. The Labute approximate surface area is 133 Å². The summed E-state index contributed by atoms with van der Waals surface area (Å²) in [7, 11) is 0. The van der Waals surface area contributed by atoms with Gasteiger partial charge in [-0.3, -0.25) is 9.59 Å². The molecule has 2 bridgehead atoms. The van der Waals surface area contributed by atoms with Crippen molar-refractivity contribution in [1.82, 2.24) is 0 Å². The van der Waals surface area contributed by atoms with Crippen LogP contribution in [0.3, 0.4) is 0 Å². The molecule has 0 heterocycles. The molecule has 0 aliphatic heterocycles. The van der Waals surface area contributed by atoms with Crippen molar-refractivity contribution in [1.29, 1.82) is 0 Å². The second kappa shape index (κ2) is 5.54. The summed E-state index contributed by atoms with van der Waals surface area (Å²) in [6, 6.07) is 0. The van der Waals surface area contributed by atoms with Gasteiger partial charge in [0.25, 0.3) is 0 Å². The van der Waals surface area contributed by atoms with Gasteiger partial charge >= 0.3 is 5.97 Å². The predicted molar refractivity (Wildman–Crippen MR) is 83.7 cm³/mol. The lowest BCUT2D eigenvalue weighted by molar-refractivity contribution is -0.190. The predicted octanol–water partition coefficient (Wildman–Crippen LogP) is 2.89. The van der Waals surface area contributed by atoms with Crippen molar-refractivity contribution >= 4 is 11.9 Å². The van der Waals surface area contributed by atoms with Crippen LogP contribution in [0.4, 0.5) is 0 Å². The topological polar surface area (TPSA) is 69.4 Å². The molecule has 4 aliphatic rings. The third-order valence-corrected chi connectivity index (χ3v) is 7.01. The molecule has 124 valence electrons. The highest BCUT2D eigenvalue weighted by molar-refractivity contribution is 5.77. The third-order valence-electron chi connectivity index (χ3n) is 7.01. The Kier molecular flexibility index (Phi) is 3.98. The van der Waals surface area contributed by atoms with Gasteiger partial charge in [0.05, 0.1) is 5.92 Å². The van der Waals surface area contributed by atoms with Gasteiger partial charge in [0.15, 0.2) is 0 Å². The van der Waals surface area contributed by atoms with E-state index in [9.17, 15) is 9.59 Å². The summed E-state index contributed by atoms with van der Waals surface area (Å²) in [5, 5.41) is 0. The number of fused-ring (bicyclic) bond motifs is 2. The summed E-state index contributed by atoms with van der Waals surface area (Å²) in [6.45, 7) is 6.95. The number of nitrogens with two attached hydrogens (primary N) is 1. The molecule has 4 aliphatic carbocycles. The number of amides is 1. The van der Waals surface area contributed by atoms with Gasteiger partial charge in [-0.2, -0.15) is 0 Å². The van der Waals surface area contributed by atoms with E-state index in [1.54, 1.807) is 0 Å². The molecule has 0 aromatic carbocycles. The molecule has 2 N–H and O–H groups in total. The van der Waals surface area contributed by atoms with Gasteiger partial charge in [0.2, 0.25) is 5.91 Å². The van der Waals surface area contributed by atoms with E-state index < -0.39 is 0 Å². The van der Waals surface area contributed by atoms with Crippen LogP contribution in [0.2, 0.25) is 0 Å². The molecule has 4 heteroatoms. The van der Waals surface area contributed by atoms with E-state index in [-0.39, 0.29) is 29.8 Å². The lowest BCUT2D eigenvalue weighted by Crippen LogP contribution is -2.57. The molecule has 4 fully saturated rings. The first-order chi connectivity index (χ1) is 10.3. The fourth-order valence-corrected chi connectivity index (χ4v) is 5.12. The summed E-state index contributed by atoms with van der Waals surface area (Å²) in [4.78, 5) is 23.6. The minimum absolute atomic E-state index is 0.0333. The van der Waals surface area contributed by atoms with Crippen LogP contribution in [0.25, 0.3) is 0 Å². The van der Waals surface area contributed by atoms with Gasteiger partial charge in [-0.05, 0) is 61.7 Å². The highest BCUT2D eigenvalue weighted by Gasteiger charge is 2.57. The van der Waals surface area contributed by atoms with E-state index in [4.69, 9.17) is 10.5 Å². The number of rotatable bonds is 3. The lowest BCUT2D eigenvalue weighted by Gasteiger charge is -2.61. The zero-order valence-electron chi connectivity index (χ0n) is 14.0. The van der Waals surface area contributed by atoms with E-state index in [2.05, 4.69) is 20.8 Å². The number of esters is 1. The van der Waals surface area contributed by atoms with Crippen LogP contribution in [0, 0.1) is 35.0 Å². The van der Waals surface area contributed by atoms with Gasteiger partial charge in [0, 0.05) is 5.92 Å². The number of carbonyl (C=O) groups excluding carboxylic acids is 2. The minimum Gasteiger partial charge on any atom is -0.462 e. The summed E-state index contributed by atoms with van der Waals surface area (Å²) < 4.78 is 5.88. The summed E-state index contributed by atoms with van der Waals surface area (Å²) >= 11 is 0. The van der Waals surface area contributed by atoms with Crippen LogP contribution in [-0.4, -0.2) is 18.0 Å². The van der Waals surface area contributed by atoms with Gasteiger partial charge < -0.3 is 10.5 Å². The second-order valence-electron chi connectivity index (χ2n) is 8.38. The van der Waals surface area contributed by atoms with Crippen molar-refractivity contribution in [3.05, 3.63) is 0 Å². The van der Waals surface area contributed by atoms with Crippen LogP contribution < -0.4 is 5.73 Å². The molecule has 1 amide bonds. The first kappa shape index (κ1) is 15.8. The van der Waals surface area contributed by atoms with E-state index in [0.717, 1.165) is 32.1 Å². The molecule has 0 aromatic rings. The molecule has 4 atom stereocenters. The Hall–Kier alpha value is -1.06. The minimum atomic E-state index is -0.227. The Bertz CT molecular complexity index is 465. The van der Waals surface area contributed by atoms with E-state index >= 15 is 0 Å². The number of carbonyl (C=O) groups is 2. The molecule has 0 unspecified atom stereocenters. The Morgan fingerprint density at radius 3 is 2.14 bits per heavy atom. The number of hydrogen-bond donors (Lipinski definition) is 1. The van der Waals surface area contributed by atoms with Crippen LogP contribution >= 0.6 is 0 Å². The van der Waals surface area contributed by atoms with Gasteiger partial charge in [-0.15, -0.1) is 0 Å². The number of ether oxygens (including phenoxy) is 1. The SMILES string of the molecule is C[C@@H]1[C@H]2C[C@H](C[C@H]1OC(=O)C1CCC(C(N)=O)CC1)C2(C)C. The summed E-state index contributed by atoms with van der Waals surface area (Å²) in [6.07, 6.45) is 5.36. The maximum atomic E-state index is 12.4. The standard InChI is InChI=1S/C18H29NO3/c1-10-14-8-13(18(14,2)3)9-15(10)22-17(21)12-6-4-11(5-7-12)16(19)20/h10-15H,4-9H2,1-3H3,(H2,19,20)/t10-,11?,12?,13-,14-,15-/m1/s1. The molecule has 22 heavy (non-hydrogen) atoms. The molecule has 0 saturated heterocycles. The van der Waals surface area contributed by atoms with E-state index in [1.807, 2.05) is 0 Å². The zero-order chi connectivity index (χ0) is 16.1. The van der Waals surface area contributed by atoms with E-state index in [0.29, 0.717) is 23.2 Å². The number of hydrogen-bond acceptors (Lipinski definition) is 3. The van der Waals surface area contributed by atoms with E-state index in [1.165, 1.54) is 6.42 Å². The van der Waals surface area contributed by atoms with Crippen molar-refractivity contribution in [3.63, 3.8) is 0 Å². The average molecular weight is 307 g/mol. The van der Waals surface area contributed by atoms with Gasteiger partial charge in [-0.25, -0.2) is 0 Å². The zero-order valence-corrected chi connectivity index (χ0v) is 14.0. The maximum Gasteiger partial charge on any atom is 0.309 e. The van der Waals surface area contributed by atoms with Crippen LogP contribution in [0.15, 0.2) is 0 Å². The largest absolute Gasteiger partial charge is 0.462 e. The van der Waals surface area contributed by atoms with Gasteiger partial charge in [0.1, 0.15) is 6.10 Å². The van der Waals surface area contributed by atoms with Crippen LogP contribution in [0.5, 0.6) is 0 Å². The molecule has 4 rings (SSSR count). The molecule has 0 spiro atoms. The molecule has 4 nitrogen and oxygen atoms in total. The Balaban J connectivity index is 1.52. The van der Waals surface area contributed by atoms with Gasteiger partial charge in [-0.1, -0.05) is 20.8 Å². The highest BCUT2D eigenvalue weighted by Crippen LogP contribution is 2.61. The quantitative estimate of drug-likeness (QED) is 0.815. The van der Waals surface area contributed by atoms with Crippen molar-refractivity contribution in [2.45, 2.75) is 65.4 Å². The van der Waals surface area contributed by atoms with Crippen molar-refractivity contribution < 1.29 is 14.3 Å². The lowest BCUT2D eigenvalue weighted by atomic mass is 9.45. The second-order valence-corrected chi connectivity index (χ2v) is 8.38. The van der Waals surface area contributed by atoms with Crippen molar-refractivity contribution in [2.75, 3.05) is 0 Å². The molecule has 0 radical (unpaired) electrons. The summed E-state index contributed by atoms with van der Waals surface area (Å²) in [5.74, 6) is 1.51. The Morgan fingerprint density at radius 2 is 1.64 bits per heavy atom. The average Bonchev–Trinajstić information content (AvgIpc) is 2.48. The molecular formula is C18H29NO3. The highest BCUT2D eigenvalue weighted by atomic mass is 16.5. The normalized spacial score (nSPS) is 43.0. The summed E-state index contributed by atoms with van der Waals surface area (Å²) in [5.41, 5.74) is 5.77. The molecule has 0 aromatic heterocycles. The van der Waals surface area contributed by atoms with Crippen molar-refractivity contribution in [2.24, 2.45) is 40.7 Å². The fourth-order valence-electron chi connectivity index (χ4n) is 5.12. The van der Waals surface area contributed by atoms with Crippen molar-refractivity contribution in [3.8, 4) is 0 Å². The first-order valence-corrected chi connectivity index (χ1v) is 8.80. The maximum absolute atomic E-state index is 12.4. The molecular weight excluding hydrogens is 278 g/mol. The first-order valence-electron chi connectivity index (χ1n) is 8.80. The third kappa shape index (κ3) is 2.55. The number of primary amides is 1. The van der Waals surface area contributed by atoms with Crippen LogP contribution in [0.1, 0.15) is 59.3 Å². The monoisotopic (exact) mass is 307 g/mol.